The molecule has 8 heteroatoms. The van der Waals surface area contributed by atoms with Crippen molar-refractivity contribution in [3.05, 3.63) is 89.0 Å². The molecule has 1 aliphatic carbocycles. The predicted molar refractivity (Wildman–Crippen MR) is 136 cm³/mol. The minimum Gasteiger partial charge on any atom is -0.370 e. The van der Waals surface area contributed by atoms with Crippen molar-refractivity contribution in [1.29, 1.82) is 0 Å². The molecule has 0 radical (unpaired) electrons. The van der Waals surface area contributed by atoms with Crippen LogP contribution in [0.3, 0.4) is 0 Å². The molecular formula is C27H24N6O2. The van der Waals surface area contributed by atoms with E-state index in [1.807, 2.05) is 65.6 Å². The van der Waals surface area contributed by atoms with Crippen LogP contribution in [0.25, 0.3) is 33.7 Å². The second kappa shape index (κ2) is 8.72. The third-order valence-electron chi connectivity index (χ3n) is 6.56. The zero-order valence-electron chi connectivity index (χ0n) is 19.1. The van der Waals surface area contributed by atoms with Crippen molar-refractivity contribution in [1.82, 2.24) is 24.8 Å². The molecule has 3 aromatic rings. The summed E-state index contributed by atoms with van der Waals surface area (Å²) in [7, 11) is 0. The monoisotopic (exact) mass is 464 g/mol. The summed E-state index contributed by atoms with van der Waals surface area (Å²) in [4.78, 5) is 45.1. The molecule has 0 saturated carbocycles. The minimum absolute atomic E-state index is 0.00302. The van der Waals surface area contributed by atoms with E-state index in [0.29, 0.717) is 35.6 Å². The van der Waals surface area contributed by atoms with Crippen LogP contribution in [-0.2, 0) is 0 Å². The molecule has 1 fully saturated rings. The summed E-state index contributed by atoms with van der Waals surface area (Å²) < 4.78 is 0. The van der Waals surface area contributed by atoms with Crippen molar-refractivity contribution in [2.75, 3.05) is 31.1 Å². The van der Waals surface area contributed by atoms with Crippen molar-refractivity contribution >= 4 is 22.6 Å². The Balaban J connectivity index is 1.26. The Labute approximate surface area is 201 Å². The lowest BCUT2D eigenvalue weighted by atomic mass is 10.1. The molecule has 3 aliphatic rings. The van der Waals surface area contributed by atoms with Gasteiger partial charge < -0.3 is 19.8 Å². The molecule has 1 amide bonds. The first-order valence-electron chi connectivity index (χ1n) is 11.7. The number of carbonyl (C=O) groups excluding carboxylic acids is 1. The van der Waals surface area contributed by atoms with E-state index in [1.165, 1.54) is 0 Å². The van der Waals surface area contributed by atoms with Gasteiger partial charge in [0.1, 0.15) is 5.82 Å². The van der Waals surface area contributed by atoms with Crippen molar-refractivity contribution in [3.63, 3.8) is 0 Å². The molecule has 2 aliphatic heterocycles. The first-order valence-corrected chi connectivity index (χ1v) is 11.7. The van der Waals surface area contributed by atoms with Crippen LogP contribution in [0, 0.1) is 0 Å². The molecular weight excluding hydrogens is 440 g/mol. The molecule has 1 saturated heterocycles. The van der Waals surface area contributed by atoms with Crippen molar-refractivity contribution < 1.29 is 4.79 Å². The highest BCUT2D eigenvalue weighted by atomic mass is 16.2. The van der Waals surface area contributed by atoms with Crippen LogP contribution in [0.15, 0.2) is 77.9 Å². The summed E-state index contributed by atoms with van der Waals surface area (Å²) in [5, 5.41) is 0. The number of imidazole rings is 1. The van der Waals surface area contributed by atoms with Gasteiger partial charge in [0.15, 0.2) is 0 Å². The SMILES string of the molecule is O=C(c1ccc2nc(-c3c4cccccc-4[nH]c3=O)[nH]c2c1)N1CCCN(c2ccncc2)CC1. The molecule has 174 valence electrons. The number of nitrogens with zero attached hydrogens (tertiary/aromatic N) is 4. The van der Waals surface area contributed by atoms with Crippen LogP contribution in [-0.4, -0.2) is 56.9 Å². The van der Waals surface area contributed by atoms with Gasteiger partial charge in [-0.3, -0.25) is 14.6 Å². The highest BCUT2D eigenvalue weighted by molar-refractivity contribution is 5.98. The molecule has 0 atom stereocenters. The number of benzene rings is 1. The predicted octanol–water partition coefficient (Wildman–Crippen LogP) is 3.77. The topological polar surface area (TPSA) is 98.0 Å². The summed E-state index contributed by atoms with van der Waals surface area (Å²) in [5.74, 6) is 0.498. The number of amides is 1. The Kier molecular flexibility index (Phi) is 5.25. The molecule has 0 unspecified atom stereocenters. The van der Waals surface area contributed by atoms with Gasteiger partial charge in [0.25, 0.3) is 11.5 Å². The molecule has 8 nitrogen and oxygen atoms in total. The second-order valence-corrected chi connectivity index (χ2v) is 8.72. The average molecular weight is 465 g/mol. The standard InChI is InChI=1S/C27H24N6O2/c34-26-24(20-5-2-1-3-6-21(20)31-26)25-29-22-8-7-18(17-23(22)30-25)27(35)33-14-4-13-32(15-16-33)19-9-11-28-12-10-19/h1-3,5-12,17H,4,13-16H2,(H,29,30)(H,31,34). The van der Waals surface area contributed by atoms with Crippen LogP contribution in [0.1, 0.15) is 16.8 Å². The fourth-order valence-corrected chi connectivity index (χ4v) is 4.79. The molecule has 1 aromatic carbocycles. The number of hydrogen-bond acceptors (Lipinski definition) is 5. The van der Waals surface area contributed by atoms with Gasteiger partial charge in [-0.05, 0) is 42.8 Å². The third kappa shape index (κ3) is 3.93. The number of carbonyl (C=O) groups is 1. The Bertz CT molecular complexity index is 1540. The Morgan fingerprint density at radius 2 is 1.74 bits per heavy atom. The van der Waals surface area contributed by atoms with Gasteiger partial charge in [0.05, 0.1) is 16.6 Å². The van der Waals surface area contributed by atoms with Crippen molar-refractivity contribution in [3.8, 4) is 22.6 Å². The summed E-state index contributed by atoms with van der Waals surface area (Å²) in [6.07, 6.45) is 4.49. The van der Waals surface area contributed by atoms with E-state index in [-0.39, 0.29) is 11.5 Å². The summed E-state index contributed by atoms with van der Waals surface area (Å²) >= 11 is 0. The van der Waals surface area contributed by atoms with Gasteiger partial charge in [-0.15, -0.1) is 0 Å². The molecule has 0 spiro atoms. The number of H-pyrrole nitrogens is 2. The van der Waals surface area contributed by atoms with E-state index >= 15 is 0 Å². The summed E-state index contributed by atoms with van der Waals surface area (Å²) in [6, 6.07) is 19.0. The lowest BCUT2D eigenvalue weighted by molar-refractivity contribution is 0.0767. The van der Waals surface area contributed by atoms with E-state index in [1.54, 1.807) is 12.4 Å². The van der Waals surface area contributed by atoms with Gasteiger partial charge in [0.2, 0.25) is 0 Å². The van der Waals surface area contributed by atoms with Crippen LogP contribution < -0.4 is 10.5 Å². The number of anilines is 1. The zero-order valence-corrected chi connectivity index (χ0v) is 19.1. The average Bonchev–Trinajstić information content (AvgIpc) is 3.20. The van der Waals surface area contributed by atoms with E-state index in [2.05, 4.69) is 24.8 Å². The lowest BCUT2D eigenvalue weighted by Gasteiger charge is -2.23. The maximum atomic E-state index is 13.3. The number of fused-ring (bicyclic) bond motifs is 2. The lowest BCUT2D eigenvalue weighted by Crippen LogP contribution is -2.35. The number of aromatic amines is 2. The van der Waals surface area contributed by atoms with Gasteiger partial charge in [-0.1, -0.05) is 24.3 Å². The smallest absolute Gasteiger partial charge is 0.260 e. The number of hydrogen-bond donors (Lipinski definition) is 2. The minimum atomic E-state index is -0.190. The van der Waals surface area contributed by atoms with Gasteiger partial charge >= 0.3 is 0 Å². The highest BCUT2D eigenvalue weighted by Gasteiger charge is 2.22. The van der Waals surface area contributed by atoms with E-state index in [4.69, 9.17) is 0 Å². The molecule has 0 bridgehead atoms. The van der Waals surface area contributed by atoms with E-state index < -0.39 is 0 Å². The van der Waals surface area contributed by atoms with Gasteiger partial charge in [0, 0.05) is 61.1 Å². The fraction of sp³-hybridized carbons (Fsp3) is 0.185. The number of aromatic nitrogens is 4. The Hall–Kier alpha value is -4.46. The molecule has 35 heavy (non-hydrogen) atoms. The number of nitrogens with one attached hydrogen (secondary N) is 2. The number of pyridine rings is 1. The fourth-order valence-electron chi connectivity index (χ4n) is 4.79. The number of rotatable bonds is 3. The zero-order chi connectivity index (χ0) is 23.8. The second-order valence-electron chi connectivity index (χ2n) is 8.72. The van der Waals surface area contributed by atoms with Gasteiger partial charge in [-0.25, -0.2) is 4.98 Å². The molecule has 4 heterocycles. The first-order chi connectivity index (χ1) is 17.2. The van der Waals surface area contributed by atoms with Crippen LogP contribution in [0.4, 0.5) is 5.69 Å². The maximum absolute atomic E-state index is 13.3. The van der Waals surface area contributed by atoms with E-state index in [0.717, 1.165) is 42.0 Å². The van der Waals surface area contributed by atoms with Gasteiger partial charge in [-0.2, -0.15) is 0 Å². The quantitative estimate of drug-likeness (QED) is 0.424. The third-order valence-corrected chi connectivity index (χ3v) is 6.56. The largest absolute Gasteiger partial charge is 0.370 e. The molecule has 2 N–H and O–H groups in total. The molecule has 6 rings (SSSR count). The van der Waals surface area contributed by atoms with Crippen LogP contribution in [0.2, 0.25) is 0 Å². The molecule has 2 aromatic heterocycles. The first kappa shape index (κ1) is 21.1. The van der Waals surface area contributed by atoms with Crippen molar-refractivity contribution in [2.24, 2.45) is 0 Å². The summed E-state index contributed by atoms with van der Waals surface area (Å²) in [5.41, 5.74) is 5.06. The van der Waals surface area contributed by atoms with E-state index in [9.17, 15) is 9.59 Å². The van der Waals surface area contributed by atoms with Crippen LogP contribution >= 0.6 is 0 Å². The Morgan fingerprint density at radius 1 is 0.886 bits per heavy atom. The van der Waals surface area contributed by atoms with Crippen molar-refractivity contribution in [2.45, 2.75) is 6.42 Å². The normalized spacial score (nSPS) is 14.4. The maximum Gasteiger partial charge on any atom is 0.260 e. The summed E-state index contributed by atoms with van der Waals surface area (Å²) in [6.45, 7) is 3.03. The highest BCUT2D eigenvalue weighted by Crippen LogP contribution is 2.29. The van der Waals surface area contributed by atoms with Crippen LogP contribution in [0.5, 0.6) is 0 Å². The Morgan fingerprint density at radius 3 is 2.63 bits per heavy atom.